The molecule has 0 aromatic heterocycles. The summed E-state index contributed by atoms with van der Waals surface area (Å²) in [6, 6.07) is 8.41. The van der Waals surface area contributed by atoms with Crippen LogP contribution in [0.5, 0.6) is 0 Å². The molecule has 4 radical (unpaired) electrons. The number of nitrogens with zero attached hydrogens (tertiary/aromatic N) is 3. The molecule has 1 aromatic carbocycles. The Morgan fingerprint density at radius 3 is 2.31 bits per heavy atom. The fraction of sp³-hybridized carbons (Fsp3) is 0.471. The van der Waals surface area contributed by atoms with Crippen LogP contribution < -0.4 is 0 Å². The average molecular weight is 510 g/mol. The standard InChI is InChI=1S/C16H20BrN3S.CH3NO.B.Y/c1-3-21-15-14(12-4-6-13(17)7-5-12)18-16(19-15)8-10-20(2)11-9-16;2-1-3;;/h4-7H,3,8-11H2,1-2H3;1H,(H2,2,3);;/p-1. The van der Waals surface area contributed by atoms with Gasteiger partial charge in [-0.3, -0.25) is 4.99 Å². The minimum Gasteiger partial charge on any atom is -0.671 e. The number of carbonyl (C=O) groups excluding carboxylic acids is 1. The molecule has 2 aliphatic heterocycles. The Labute approximate surface area is 195 Å². The van der Waals surface area contributed by atoms with Crippen molar-refractivity contribution >= 4 is 53.3 Å². The van der Waals surface area contributed by atoms with E-state index in [0.29, 0.717) is 0 Å². The van der Waals surface area contributed by atoms with Crippen molar-refractivity contribution in [2.75, 3.05) is 25.9 Å². The molecule has 5 nitrogen and oxygen atoms in total. The smallest absolute Gasteiger partial charge is 0.154 e. The number of hydrogen-bond acceptors (Lipinski definition) is 5. The van der Waals surface area contributed by atoms with Crippen molar-refractivity contribution in [1.29, 1.82) is 0 Å². The van der Waals surface area contributed by atoms with Gasteiger partial charge in [-0.15, -0.1) is 11.8 Å². The maximum absolute atomic E-state index is 8.47. The Morgan fingerprint density at radius 2 is 1.81 bits per heavy atom. The van der Waals surface area contributed by atoms with E-state index in [1.54, 1.807) is 0 Å². The topological polar surface area (TPSA) is 68.8 Å². The number of halogens is 1. The predicted octanol–water partition coefficient (Wildman–Crippen LogP) is 3.64. The van der Waals surface area contributed by atoms with Gasteiger partial charge in [-0.1, -0.05) is 35.0 Å². The normalized spacial score (nSPS) is 17.8. The monoisotopic (exact) mass is 509 g/mol. The van der Waals surface area contributed by atoms with Crippen LogP contribution in [0.3, 0.4) is 0 Å². The maximum atomic E-state index is 8.47. The molecule has 0 atom stereocenters. The molecule has 26 heavy (non-hydrogen) atoms. The Kier molecular flexibility index (Phi) is 12.4. The Bertz CT molecular complexity index is 634. The number of likely N-dealkylation sites (tertiary alicyclic amines) is 1. The van der Waals surface area contributed by atoms with E-state index >= 15 is 0 Å². The first-order valence-electron chi connectivity index (χ1n) is 7.92. The van der Waals surface area contributed by atoms with Crippen LogP contribution in [0, 0.1) is 0 Å². The van der Waals surface area contributed by atoms with Gasteiger partial charge in [-0.25, -0.2) is 4.99 Å². The molecule has 0 bridgehead atoms. The number of benzene rings is 1. The van der Waals surface area contributed by atoms with Gasteiger partial charge >= 0.3 is 0 Å². The van der Waals surface area contributed by atoms with Gasteiger partial charge < -0.3 is 15.4 Å². The molecule has 9 heteroatoms. The van der Waals surface area contributed by atoms with Crippen LogP contribution in [-0.4, -0.2) is 62.0 Å². The molecule has 0 unspecified atom stereocenters. The van der Waals surface area contributed by atoms with E-state index in [9.17, 15) is 0 Å². The number of rotatable bonds is 2. The summed E-state index contributed by atoms with van der Waals surface area (Å²) in [5.41, 5.74) is 7.58. The fourth-order valence-corrected chi connectivity index (χ4v) is 3.83. The summed E-state index contributed by atoms with van der Waals surface area (Å²) in [6.45, 7) is 4.32. The number of nitrogens with one attached hydrogen (secondary N) is 1. The van der Waals surface area contributed by atoms with Gasteiger partial charge in [0.2, 0.25) is 0 Å². The zero-order valence-corrected chi connectivity index (χ0v) is 20.4. The number of piperidine rings is 1. The first-order chi connectivity index (χ1) is 11.5. The Balaban J connectivity index is 0.00000117. The van der Waals surface area contributed by atoms with Crippen LogP contribution in [0.4, 0.5) is 0 Å². The summed E-state index contributed by atoms with van der Waals surface area (Å²) in [7, 11) is 2.17. The molecular weight excluding hydrogens is 488 g/mol. The molecule has 1 aromatic rings. The summed E-state index contributed by atoms with van der Waals surface area (Å²) in [5.74, 6) is 1.03. The van der Waals surface area contributed by atoms with Gasteiger partial charge in [-0.05, 0) is 24.9 Å². The van der Waals surface area contributed by atoms with Gasteiger partial charge in [0, 0.05) is 83.5 Å². The van der Waals surface area contributed by atoms with E-state index in [1.165, 1.54) is 5.56 Å². The quantitative estimate of drug-likeness (QED) is 0.451. The van der Waals surface area contributed by atoms with E-state index in [1.807, 2.05) is 11.8 Å². The molecule has 1 fully saturated rings. The van der Waals surface area contributed by atoms with Gasteiger partial charge in [0.15, 0.2) is 5.66 Å². The van der Waals surface area contributed by atoms with E-state index < -0.39 is 0 Å². The van der Waals surface area contributed by atoms with Crippen LogP contribution in [-0.2, 0) is 37.5 Å². The number of amides is 1. The zero-order chi connectivity index (χ0) is 17.6. The molecule has 0 saturated carbocycles. The third-order valence-corrected chi connectivity index (χ3v) is 5.39. The van der Waals surface area contributed by atoms with E-state index in [-0.39, 0.29) is 53.2 Å². The van der Waals surface area contributed by atoms with Crippen LogP contribution >= 0.6 is 27.7 Å². The summed E-state index contributed by atoms with van der Waals surface area (Å²) >= 11 is 5.30. The van der Waals surface area contributed by atoms with Crippen molar-refractivity contribution in [1.82, 2.24) is 4.90 Å². The van der Waals surface area contributed by atoms with Crippen molar-refractivity contribution in [2.24, 2.45) is 9.98 Å². The summed E-state index contributed by atoms with van der Waals surface area (Å²) in [6.07, 6.45) is 2.05. The van der Waals surface area contributed by atoms with Crippen molar-refractivity contribution in [3.63, 3.8) is 0 Å². The molecule has 1 spiro atoms. The predicted molar refractivity (Wildman–Crippen MR) is 112 cm³/mol. The van der Waals surface area contributed by atoms with E-state index in [4.69, 9.17) is 20.5 Å². The number of hydrogen-bond donors (Lipinski definition) is 0. The molecule has 1 saturated heterocycles. The van der Waals surface area contributed by atoms with Crippen molar-refractivity contribution in [3.05, 3.63) is 40.0 Å². The largest absolute Gasteiger partial charge is 0.671 e. The van der Waals surface area contributed by atoms with Gasteiger partial charge in [0.05, 0.1) is 5.71 Å². The molecular formula is C17H22BBrN4OSY-. The first-order valence-corrected chi connectivity index (χ1v) is 9.69. The van der Waals surface area contributed by atoms with E-state index in [2.05, 4.69) is 59.1 Å². The number of aliphatic imine (C=N–C) groups is 2. The van der Waals surface area contributed by atoms with Crippen molar-refractivity contribution in [2.45, 2.75) is 25.4 Å². The minimum absolute atomic E-state index is 0. The molecule has 1 N–H and O–H groups in total. The van der Waals surface area contributed by atoms with E-state index in [0.717, 1.165) is 46.9 Å². The molecule has 136 valence electrons. The fourth-order valence-electron chi connectivity index (χ4n) is 2.76. The Hall–Kier alpha value is -0.0112. The Morgan fingerprint density at radius 1 is 1.27 bits per heavy atom. The minimum atomic E-state index is -0.202. The third kappa shape index (κ3) is 6.86. The SMILES string of the molecule is CCSC1=NC2(CCN(C)CC2)N=C1c1ccc(Br)cc1.[B].[NH-]C=O.[Y]. The number of carbonyl (C=O) groups is 1. The van der Waals surface area contributed by atoms with Gasteiger partial charge in [0.1, 0.15) is 5.04 Å². The van der Waals surface area contributed by atoms with Crippen molar-refractivity contribution in [3.8, 4) is 0 Å². The second-order valence-corrected chi connectivity index (χ2v) is 7.89. The second-order valence-electron chi connectivity index (χ2n) is 5.72. The number of thioether (sulfide) groups is 1. The van der Waals surface area contributed by atoms with Gasteiger partial charge in [0.25, 0.3) is 0 Å². The van der Waals surface area contributed by atoms with Crippen LogP contribution in [0.25, 0.3) is 5.73 Å². The third-order valence-electron chi connectivity index (χ3n) is 4.02. The van der Waals surface area contributed by atoms with Crippen LogP contribution in [0.2, 0.25) is 0 Å². The average Bonchev–Trinajstić information content (AvgIpc) is 2.91. The maximum Gasteiger partial charge on any atom is 0.154 e. The first kappa shape index (κ1) is 26.0. The van der Waals surface area contributed by atoms with Gasteiger partial charge in [-0.2, -0.15) is 0 Å². The second kappa shape index (κ2) is 12.4. The molecule has 0 aliphatic carbocycles. The summed E-state index contributed by atoms with van der Waals surface area (Å²) < 4.78 is 1.10. The van der Waals surface area contributed by atoms with Crippen LogP contribution in [0.1, 0.15) is 25.3 Å². The zero-order valence-electron chi connectivity index (χ0n) is 15.1. The summed E-state index contributed by atoms with van der Waals surface area (Å²) in [4.78, 5) is 20.9. The molecule has 2 aliphatic rings. The molecule has 2 heterocycles. The van der Waals surface area contributed by atoms with Crippen LogP contribution in [0.15, 0.2) is 38.7 Å². The molecule has 1 amide bonds. The summed E-state index contributed by atoms with van der Waals surface area (Å²) in [5, 5.41) is 1.12. The molecule has 3 rings (SSSR count). The van der Waals surface area contributed by atoms with Crippen molar-refractivity contribution < 1.29 is 37.5 Å².